The van der Waals surface area contributed by atoms with Crippen LogP contribution in [0.4, 0.5) is 0 Å². The quantitative estimate of drug-likeness (QED) is 0.326. The number of ketones is 1. The monoisotopic (exact) mass is 379 g/mol. The molecule has 0 radical (unpaired) electrons. The Balaban J connectivity index is 1.16. The molecule has 6 nitrogen and oxygen atoms in total. The maximum atomic E-state index is 12.8. The average Bonchev–Trinajstić information content (AvgIpc) is 3.50. The number of carbonyl (C=O) groups excluding carboxylic acids is 4. The maximum Gasteiger partial charge on any atom is 0.308 e. The Morgan fingerprint density at radius 2 is 1.57 bits per heavy atom. The van der Waals surface area contributed by atoms with Crippen molar-refractivity contribution in [2.75, 3.05) is 13.2 Å². The van der Waals surface area contributed by atoms with Crippen LogP contribution in [0.15, 0.2) is 42.5 Å². The molecule has 0 N–H and O–H groups in total. The number of ether oxygens (including phenoxy) is 1. The van der Waals surface area contributed by atoms with Gasteiger partial charge in [0.15, 0.2) is 12.4 Å². The summed E-state index contributed by atoms with van der Waals surface area (Å²) in [6, 6.07) is 8.60. The third kappa shape index (κ3) is 2.62. The number of benzene rings is 1. The standard InChI is InChI=1S/C22H21NO5/c24-17(12-4-2-1-3-5-12)11-28-18(25)8-9-23-21(26)19-13-6-7-14(16-10-15(13)16)20(19)22(23)27/h1-7,13-16,19-20H,8-11H2/t13-,14-,15-,16-,19-,20-/m1/s1. The molecule has 2 saturated carbocycles. The number of rotatable bonds is 6. The first-order valence-electron chi connectivity index (χ1n) is 9.83. The van der Waals surface area contributed by atoms with Crippen molar-refractivity contribution in [3.63, 3.8) is 0 Å². The lowest BCUT2D eigenvalue weighted by atomic mass is 9.63. The van der Waals surface area contributed by atoms with Gasteiger partial charge in [-0.2, -0.15) is 0 Å². The van der Waals surface area contributed by atoms with Crippen molar-refractivity contribution in [3.8, 4) is 0 Å². The summed E-state index contributed by atoms with van der Waals surface area (Å²) in [6.45, 7) is -0.314. The van der Waals surface area contributed by atoms with E-state index in [2.05, 4.69) is 12.2 Å². The first-order valence-corrected chi connectivity index (χ1v) is 9.83. The normalized spacial score (nSPS) is 34.2. The number of esters is 1. The SMILES string of the molecule is O=C(CCN1C(=O)[C@@H]2[C@@H]3C=C[C@H]([C@H]4C[C@H]34)[C@H]2C1=O)OCC(=O)c1ccccc1. The molecule has 1 aromatic carbocycles. The van der Waals surface area contributed by atoms with E-state index in [1.165, 1.54) is 4.90 Å². The lowest BCUT2D eigenvalue weighted by molar-refractivity contribution is -0.145. The molecular formula is C22H21NO5. The molecule has 6 heteroatoms. The van der Waals surface area contributed by atoms with E-state index < -0.39 is 5.97 Å². The fourth-order valence-corrected chi connectivity index (χ4v) is 5.37. The van der Waals surface area contributed by atoms with E-state index in [0.717, 1.165) is 6.42 Å². The molecule has 28 heavy (non-hydrogen) atoms. The van der Waals surface area contributed by atoms with E-state index in [-0.39, 0.29) is 60.8 Å². The second-order valence-corrected chi connectivity index (χ2v) is 8.18. The summed E-state index contributed by atoms with van der Waals surface area (Å²) in [5.74, 6) is -0.180. The van der Waals surface area contributed by atoms with Gasteiger partial charge in [-0.05, 0) is 30.1 Å². The Hall–Kier alpha value is -2.76. The fourth-order valence-electron chi connectivity index (χ4n) is 5.37. The molecule has 2 bridgehead atoms. The Morgan fingerprint density at radius 1 is 0.964 bits per heavy atom. The molecule has 144 valence electrons. The zero-order valence-corrected chi connectivity index (χ0v) is 15.3. The third-order valence-corrected chi connectivity index (χ3v) is 6.75. The van der Waals surface area contributed by atoms with Crippen LogP contribution in [0.5, 0.6) is 0 Å². The number of carbonyl (C=O) groups is 4. The summed E-state index contributed by atoms with van der Waals surface area (Å²) >= 11 is 0. The molecule has 5 aliphatic rings. The van der Waals surface area contributed by atoms with E-state index in [0.29, 0.717) is 17.4 Å². The molecule has 0 aromatic heterocycles. The zero-order chi connectivity index (χ0) is 19.4. The predicted molar refractivity (Wildman–Crippen MR) is 97.8 cm³/mol. The Kier molecular flexibility index (Phi) is 3.96. The zero-order valence-electron chi connectivity index (χ0n) is 15.3. The van der Waals surface area contributed by atoms with Crippen LogP contribution in [0, 0.1) is 35.5 Å². The summed E-state index contributed by atoms with van der Waals surface area (Å²) < 4.78 is 5.04. The summed E-state index contributed by atoms with van der Waals surface area (Å²) in [6.07, 6.45) is 5.28. The number of amides is 2. The maximum absolute atomic E-state index is 12.8. The van der Waals surface area contributed by atoms with Crippen molar-refractivity contribution in [1.82, 2.24) is 4.90 Å². The van der Waals surface area contributed by atoms with Gasteiger partial charge in [-0.1, -0.05) is 42.5 Å². The topological polar surface area (TPSA) is 80.8 Å². The minimum absolute atomic E-state index is 0.0256. The smallest absolute Gasteiger partial charge is 0.308 e. The van der Waals surface area contributed by atoms with Crippen molar-refractivity contribution in [2.24, 2.45) is 35.5 Å². The van der Waals surface area contributed by atoms with Crippen molar-refractivity contribution < 1.29 is 23.9 Å². The second kappa shape index (κ2) is 6.40. The molecule has 6 atom stereocenters. The minimum atomic E-state index is -0.580. The first-order chi connectivity index (χ1) is 13.6. The van der Waals surface area contributed by atoms with Crippen LogP contribution in [0.2, 0.25) is 0 Å². The van der Waals surface area contributed by atoms with E-state index in [4.69, 9.17) is 4.74 Å². The van der Waals surface area contributed by atoms with Gasteiger partial charge in [0.05, 0.1) is 18.3 Å². The van der Waals surface area contributed by atoms with Gasteiger partial charge in [0.25, 0.3) is 0 Å². The van der Waals surface area contributed by atoms with Crippen molar-refractivity contribution in [3.05, 3.63) is 48.0 Å². The summed E-state index contributed by atoms with van der Waals surface area (Å²) in [4.78, 5) is 50.9. The van der Waals surface area contributed by atoms with Gasteiger partial charge in [-0.15, -0.1) is 0 Å². The number of hydrogen-bond donors (Lipinski definition) is 0. The molecule has 2 amide bonds. The lowest BCUT2D eigenvalue weighted by Gasteiger charge is -2.37. The van der Waals surface area contributed by atoms with Gasteiger partial charge in [-0.3, -0.25) is 24.1 Å². The number of nitrogens with zero attached hydrogens (tertiary/aromatic N) is 1. The molecular weight excluding hydrogens is 358 g/mol. The first kappa shape index (κ1) is 17.3. The summed E-state index contributed by atoms with van der Waals surface area (Å²) in [5, 5.41) is 0. The third-order valence-electron chi connectivity index (χ3n) is 6.75. The summed E-state index contributed by atoms with van der Waals surface area (Å²) in [7, 11) is 0. The molecule has 1 saturated heterocycles. The van der Waals surface area contributed by atoms with E-state index in [1.54, 1.807) is 30.3 Å². The van der Waals surface area contributed by atoms with Gasteiger partial charge in [-0.25, -0.2) is 0 Å². The van der Waals surface area contributed by atoms with E-state index in [1.807, 2.05) is 0 Å². The highest BCUT2D eigenvalue weighted by Gasteiger charge is 2.66. The largest absolute Gasteiger partial charge is 0.457 e. The van der Waals surface area contributed by atoms with Gasteiger partial charge in [0.1, 0.15) is 0 Å². The molecule has 1 heterocycles. The van der Waals surface area contributed by atoms with Crippen molar-refractivity contribution >= 4 is 23.6 Å². The Labute approximate surface area is 162 Å². The fraction of sp³-hybridized carbons (Fsp3) is 0.455. The van der Waals surface area contributed by atoms with Crippen LogP contribution in [-0.2, 0) is 19.1 Å². The van der Waals surface area contributed by atoms with Gasteiger partial charge < -0.3 is 4.74 Å². The molecule has 1 aromatic rings. The van der Waals surface area contributed by atoms with Crippen LogP contribution in [0.25, 0.3) is 0 Å². The number of hydrogen-bond acceptors (Lipinski definition) is 5. The lowest BCUT2D eigenvalue weighted by Crippen LogP contribution is -2.40. The van der Waals surface area contributed by atoms with Crippen molar-refractivity contribution in [1.29, 1.82) is 0 Å². The minimum Gasteiger partial charge on any atom is -0.457 e. The van der Waals surface area contributed by atoms with Crippen LogP contribution in [0.3, 0.4) is 0 Å². The Morgan fingerprint density at radius 3 is 2.18 bits per heavy atom. The van der Waals surface area contributed by atoms with E-state index >= 15 is 0 Å². The van der Waals surface area contributed by atoms with Crippen LogP contribution < -0.4 is 0 Å². The van der Waals surface area contributed by atoms with E-state index in [9.17, 15) is 19.2 Å². The molecule has 0 spiro atoms. The molecule has 0 unspecified atom stereocenters. The highest BCUT2D eigenvalue weighted by Crippen LogP contribution is 2.65. The number of allylic oxidation sites excluding steroid dienone is 2. The van der Waals surface area contributed by atoms with Crippen molar-refractivity contribution in [2.45, 2.75) is 12.8 Å². The van der Waals surface area contributed by atoms with Gasteiger partial charge in [0.2, 0.25) is 11.8 Å². The van der Waals surface area contributed by atoms with Crippen LogP contribution >= 0.6 is 0 Å². The predicted octanol–water partition coefficient (Wildman–Crippen LogP) is 1.86. The molecule has 3 fully saturated rings. The molecule has 1 aliphatic heterocycles. The van der Waals surface area contributed by atoms with Gasteiger partial charge >= 0.3 is 5.97 Å². The number of Topliss-reactive ketones (excluding diaryl/α,β-unsaturated/α-hetero) is 1. The van der Waals surface area contributed by atoms with Crippen LogP contribution in [0.1, 0.15) is 23.2 Å². The highest BCUT2D eigenvalue weighted by atomic mass is 16.5. The molecule has 4 aliphatic carbocycles. The molecule has 6 rings (SSSR count). The number of likely N-dealkylation sites (tertiary alicyclic amines) is 1. The Bertz CT molecular complexity index is 855. The number of imide groups is 1. The van der Waals surface area contributed by atoms with Gasteiger partial charge in [0, 0.05) is 12.1 Å². The van der Waals surface area contributed by atoms with Crippen LogP contribution in [-0.4, -0.2) is 41.6 Å². The average molecular weight is 379 g/mol. The second-order valence-electron chi connectivity index (χ2n) is 8.18. The highest BCUT2D eigenvalue weighted by molar-refractivity contribution is 6.06. The summed E-state index contributed by atoms with van der Waals surface area (Å²) in [5.41, 5.74) is 0.478.